The Morgan fingerprint density at radius 3 is 2.54 bits per heavy atom. The zero-order valence-electron chi connectivity index (χ0n) is 13.7. The van der Waals surface area contributed by atoms with Gasteiger partial charge in [-0.15, -0.1) is 0 Å². The van der Waals surface area contributed by atoms with Crippen LogP contribution in [0, 0.1) is 0 Å². The summed E-state index contributed by atoms with van der Waals surface area (Å²) in [4.78, 5) is 16.5. The van der Waals surface area contributed by atoms with E-state index in [1.165, 1.54) is 24.3 Å². The van der Waals surface area contributed by atoms with Crippen molar-refractivity contribution in [2.24, 2.45) is 0 Å². The lowest BCUT2D eigenvalue weighted by Gasteiger charge is -2.10. The summed E-state index contributed by atoms with van der Waals surface area (Å²) in [6.07, 6.45) is 3.64. The highest BCUT2D eigenvalue weighted by molar-refractivity contribution is 7.90. The number of hydrogen-bond donors (Lipinski definition) is 1. The molecule has 0 aliphatic rings. The Labute approximate surface area is 141 Å². The van der Waals surface area contributed by atoms with Crippen molar-refractivity contribution in [1.82, 2.24) is 10.3 Å². The van der Waals surface area contributed by atoms with E-state index in [2.05, 4.69) is 10.3 Å². The molecule has 0 aliphatic carbocycles. The molecule has 1 aromatic heterocycles. The van der Waals surface area contributed by atoms with Crippen molar-refractivity contribution >= 4 is 15.7 Å². The molecule has 6 nitrogen and oxygen atoms in total. The van der Waals surface area contributed by atoms with E-state index in [-0.39, 0.29) is 17.3 Å². The molecule has 0 saturated heterocycles. The fourth-order valence-electron chi connectivity index (χ4n) is 2.02. The number of amides is 1. The maximum Gasteiger partial charge on any atom is 0.251 e. The summed E-state index contributed by atoms with van der Waals surface area (Å²) >= 11 is 0. The fraction of sp³-hybridized carbons (Fsp3) is 0.294. The van der Waals surface area contributed by atoms with Gasteiger partial charge in [0.05, 0.1) is 11.5 Å². The fourth-order valence-corrected chi connectivity index (χ4v) is 2.65. The molecule has 2 aromatic rings. The quantitative estimate of drug-likeness (QED) is 0.829. The van der Waals surface area contributed by atoms with Gasteiger partial charge < -0.3 is 10.1 Å². The monoisotopic (exact) mass is 348 g/mol. The Morgan fingerprint density at radius 1 is 1.21 bits per heavy atom. The molecular weight excluding hydrogens is 328 g/mol. The molecule has 0 atom stereocenters. The van der Waals surface area contributed by atoms with Crippen LogP contribution in [0.1, 0.15) is 29.3 Å². The first-order chi connectivity index (χ1) is 11.4. The number of nitrogens with zero attached hydrogens (tertiary/aromatic N) is 1. The zero-order chi connectivity index (χ0) is 17.6. The standard InChI is InChI=1S/C17H20N2O4S/c1-3-11-23-17-14(5-4-10-18-17)12-19-16(20)13-6-8-15(9-7-13)24(2,21)22/h4-10H,3,11-12H2,1-2H3,(H,19,20). The van der Waals surface area contributed by atoms with Gasteiger partial charge in [0, 0.05) is 30.1 Å². The minimum Gasteiger partial charge on any atom is -0.477 e. The molecule has 2 rings (SSSR count). The number of carbonyl (C=O) groups is 1. The largest absolute Gasteiger partial charge is 0.477 e. The molecular formula is C17H20N2O4S. The van der Waals surface area contributed by atoms with E-state index in [0.29, 0.717) is 18.1 Å². The molecule has 128 valence electrons. The summed E-state index contributed by atoms with van der Waals surface area (Å²) in [5.74, 6) is 0.215. The molecule has 1 amide bonds. The number of rotatable bonds is 7. The van der Waals surface area contributed by atoms with Crippen LogP contribution in [0.5, 0.6) is 5.88 Å². The average Bonchev–Trinajstić information content (AvgIpc) is 2.58. The summed E-state index contributed by atoms with van der Waals surface area (Å²) in [5, 5.41) is 2.78. The Morgan fingerprint density at radius 2 is 1.92 bits per heavy atom. The smallest absolute Gasteiger partial charge is 0.251 e. The molecule has 0 unspecified atom stereocenters. The van der Waals surface area contributed by atoms with E-state index < -0.39 is 9.84 Å². The second-order valence-electron chi connectivity index (χ2n) is 5.30. The van der Waals surface area contributed by atoms with Crippen molar-refractivity contribution in [3.63, 3.8) is 0 Å². The molecule has 1 N–H and O–H groups in total. The van der Waals surface area contributed by atoms with E-state index >= 15 is 0 Å². The van der Waals surface area contributed by atoms with Gasteiger partial charge in [0.25, 0.3) is 5.91 Å². The first-order valence-electron chi connectivity index (χ1n) is 7.57. The van der Waals surface area contributed by atoms with E-state index in [1.54, 1.807) is 12.3 Å². The number of ether oxygens (including phenoxy) is 1. The highest BCUT2D eigenvalue weighted by Crippen LogP contribution is 2.15. The first kappa shape index (κ1) is 17.9. The maximum atomic E-state index is 12.2. The van der Waals surface area contributed by atoms with Crippen LogP contribution in [0.25, 0.3) is 0 Å². The minimum absolute atomic E-state index is 0.182. The Hall–Kier alpha value is -2.41. The lowest BCUT2D eigenvalue weighted by Crippen LogP contribution is -2.23. The molecule has 0 spiro atoms. The van der Waals surface area contributed by atoms with Crippen molar-refractivity contribution in [3.8, 4) is 5.88 Å². The number of aromatic nitrogens is 1. The van der Waals surface area contributed by atoms with Gasteiger partial charge >= 0.3 is 0 Å². The third kappa shape index (κ3) is 4.79. The van der Waals surface area contributed by atoms with Gasteiger partial charge in [-0.2, -0.15) is 0 Å². The van der Waals surface area contributed by atoms with Crippen molar-refractivity contribution < 1.29 is 17.9 Å². The van der Waals surface area contributed by atoms with Crippen molar-refractivity contribution in [2.45, 2.75) is 24.8 Å². The number of sulfone groups is 1. The third-order valence-electron chi connectivity index (χ3n) is 3.28. The molecule has 0 radical (unpaired) electrons. The van der Waals surface area contributed by atoms with Gasteiger partial charge in [-0.3, -0.25) is 4.79 Å². The van der Waals surface area contributed by atoms with Crippen molar-refractivity contribution in [1.29, 1.82) is 0 Å². The van der Waals surface area contributed by atoms with Gasteiger partial charge in [0.2, 0.25) is 5.88 Å². The number of pyridine rings is 1. The SMILES string of the molecule is CCCOc1ncccc1CNC(=O)c1ccc(S(C)(=O)=O)cc1. The average molecular weight is 348 g/mol. The van der Waals surface area contributed by atoms with Crippen LogP contribution in [0.2, 0.25) is 0 Å². The van der Waals surface area contributed by atoms with Crippen LogP contribution in [-0.4, -0.2) is 32.2 Å². The second-order valence-corrected chi connectivity index (χ2v) is 7.31. The van der Waals surface area contributed by atoms with Crippen LogP contribution < -0.4 is 10.1 Å². The molecule has 0 aliphatic heterocycles. The van der Waals surface area contributed by atoms with Crippen molar-refractivity contribution in [2.75, 3.05) is 12.9 Å². The topological polar surface area (TPSA) is 85.4 Å². The number of nitrogens with one attached hydrogen (secondary N) is 1. The van der Waals surface area contributed by atoms with Gasteiger partial charge in [0.15, 0.2) is 9.84 Å². The van der Waals surface area contributed by atoms with Gasteiger partial charge in [-0.25, -0.2) is 13.4 Å². The molecule has 7 heteroatoms. The summed E-state index contributed by atoms with van der Waals surface area (Å²) in [7, 11) is -3.27. The predicted molar refractivity (Wildman–Crippen MR) is 90.7 cm³/mol. The highest BCUT2D eigenvalue weighted by atomic mass is 32.2. The molecule has 1 aromatic carbocycles. The van der Waals surface area contributed by atoms with Crippen LogP contribution in [0.15, 0.2) is 47.5 Å². The number of hydrogen-bond acceptors (Lipinski definition) is 5. The minimum atomic E-state index is -3.27. The summed E-state index contributed by atoms with van der Waals surface area (Å²) < 4.78 is 28.4. The van der Waals surface area contributed by atoms with Crippen LogP contribution >= 0.6 is 0 Å². The van der Waals surface area contributed by atoms with E-state index in [9.17, 15) is 13.2 Å². The van der Waals surface area contributed by atoms with Gasteiger partial charge in [-0.1, -0.05) is 13.0 Å². The van der Waals surface area contributed by atoms with Gasteiger partial charge in [-0.05, 0) is 36.8 Å². The summed E-state index contributed by atoms with van der Waals surface area (Å²) in [5.41, 5.74) is 1.18. The summed E-state index contributed by atoms with van der Waals surface area (Å²) in [6.45, 7) is 2.84. The van der Waals surface area contributed by atoms with Crippen LogP contribution in [0.3, 0.4) is 0 Å². The Balaban J connectivity index is 2.03. The Bertz CT molecular complexity index is 802. The number of carbonyl (C=O) groups excluding carboxylic acids is 1. The first-order valence-corrected chi connectivity index (χ1v) is 9.46. The second kappa shape index (κ2) is 7.92. The normalized spacial score (nSPS) is 11.1. The molecule has 24 heavy (non-hydrogen) atoms. The molecule has 0 bridgehead atoms. The maximum absolute atomic E-state index is 12.2. The van der Waals surface area contributed by atoms with E-state index in [4.69, 9.17) is 4.74 Å². The highest BCUT2D eigenvalue weighted by Gasteiger charge is 2.11. The number of benzene rings is 1. The molecule has 1 heterocycles. The zero-order valence-corrected chi connectivity index (χ0v) is 14.5. The summed E-state index contributed by atoms with van der Waals surface area (Å²) in [6, 6.07) is 9.44. The lowest BCUT2D eigenvalue weighted by atomic mass is 10.2. The van der Waals surface area contributed by atoms with Crippen LogP contribution in [0.4, 0.5) is 0 Å². The van der Waals surface area contributed by atoms with E-state index in [1.807, 2.05) is 13.0 Å². The Kier molecular flexibility index (Phi) is 5.92. The van der Waals surface area contributed by atoms with E-state index in [0.717, 1.165) is 18.2 Å². The predicted octanol–water partition coefficient (Wildman–Crippen LogP) is 2.20. The molecule has 0 fully saturated rings. The van der Waals surface area contributed by atoms with Crippen molar-refractivity contribution in [3.05, 3.63) is 53.7 Å². The third-order valence-corrected chi connectivity index (χ3v) is 4.41. The van der Waals surface area contributed by atoms with Gasteiger partial charge in [0.1, 0.15) is 0 Å². The lowest BCUT2D eigenvalue weighted by molar-refractivity contribution is 0.0950. The van der Waals surface area contributed by atoms with Crippen LogP contribution in [-0.2, 0) is 16.4 Å². The molecule has 0 saturated carbocycles.